The molecule has 0 saturated carbocycles. The number of anilines is 1. The number of rotatable bonds is 12. The zero-order chi connectivity index (χ0) is 26.2. The maximum absolute atomic E-state index is 13.5. The van der Waals surface area contributed by atoms with E-state index in [1.165, 1.54) is 0 Å². The van der Waals surface area contributed by atoms with Gasteiger partial charge >= 0.3 is 0 Å². The van der Waals surface area contributed by atoms with Crippen molar-refractivity contribution >= 4 is 23.5 Å². The van der Waals surface area contributed by atoms with Crippen LogP contribution in [0.25, 0.3) is 0 Å². The Bertz CT molecular complexity index is 997. The molecule has 0 saturated heterocycles. The van der Waals surface area contributed by atoms with Gasteiger partial charge in [-0.25, -0.2) is 0 Å². The first-order chi connectivity index (χ1) is 16.5. The number of benzene rings is 1. The molecular formula is C26H38N4O5. The van der Waals surface area contributed by atoms with Crippen LogP contribution in [0.5, 0.6) is 5.75 Å². The van der Waals surface area contributed by atoms with Crippen LogP contribution in [0.3, 0.4) is 0 Å². The Kier molecular flexibility index (Phi) is 9.86. The van der Waals surface area contributed by atoms with Crippen molar-refractivity contribution in [3.05, 3.63) is 41.7 Å². The zero-order valence-corrected chi connectivity index (χ0v) is 21.8. The molecular weight excluding hydrogens is 448 g/mol. The van der Waals surface area contributed by atoms with Gasteiger partial charge in [0.05, 0.1) is 7.11 Å². The van der Waals surface area contributed by atoms with Crippen molar-refractivity contribution in [2.24, 2.45) is 5.92 Å². The van der Waals surface area contributed by atoms with Crippen molar-refractivity contribution in [1.82, 2.24) is 15.4 Å². The van der Waals surface area contributed by atoms with Crippen LogP contribution in [0.2, 0.25) is 0 Å². The highest BCUT2D eigenvalue weighted by Gasteiger charge is 2.34. The maximum atomic E-state index is 13.5. The SMILES string of the molecule is CCC(C)(C)NC(=O)[C@H](c1ccc(OC)cc1)N(CC(C)C)C(=O)CCC(=O)Nc1cc(C)on1. The lowest BCUT2D eigenvalue weighted by Gasteiger charge is -2.35. The summed E-state index contributed by atoms with van der Waals surface area (Å²) in [7, 11) is 1.57. The summed E-state index contributed by atoms with van der Waals surface area (Å²) in [6.07, 6.45) is 0.636. The van der Waals surface area contributed by atoms with E-state index in [2.05, 4.69) is 15.8 Å². The molecule has 9 nitrogen and oxygen atoms in total. The fourth-order valence-corrected chi connectivity index (χ4v) is 3.49. The van der Waals surface area contributed by atoms with Crippen LogP contribution in [-0.4, -0.2) is 47.0 Å². The van der Waals surface area contributed by atoms with Crippen molar-refractivity contribution in [2.75, 3.05) is 19.0 Å². The molecule has 0 aliphatic heterocycles. The number of carbonyl (C=O) groups is 3. The Morgan fingerprint density at radius 1 is 1.14 bits per heavy atom. The lowest BCUT2D eigenvalue weighted by atomic mass is 9.97. The molecule has 0 spiro atoms. The summed E-state index contributed by atoms with van der Waals surface area (Å²) in [6.45, 7) is 11.9. The number of ether oxygens (including phenoxy) is 1. The summed E-state index contributed by atoms with van der Waals surface area (Å²) in [5, 5.41) is 9.44. The number of nitrogens with zero attached hydrogens (tertiary/aromatic N) is 2. The molecule has 0 radical (unpaired) electrons. The third-order valence-electron chi connectivity index (χ3n) is 5.68. The Hall–Kier alpha value is -3.36. The van der Waals surface area contributed by atoms with Crippen LogP contribution in [0, 0.1) is 12.8 Å². The van der Waals surface area contributed by atoms with Gasteiger partial charge in [0.15, 0.2) is 5.82 Å². The molecule has 0 unspecified atom stereocenters. The van der Waals surface area contributed by atoms with Gasteiger partial charge in [0.2, 0.25) is 17.7 Å². The number of methoxy groups -OCH3 is 1. The average molecular weight is 487 g/mol. The summed E-state index contributed by atoms with van der Waals surface area (Å²) in [6, 6.07) is 7.88. The van der Waals surface area contributed by atoms with Gasteiger partial charge in [0, 0.05) is 31.0 Å². The van der Waals surface area contributed by atoms with E-state index in [9.17, 15) is 14.4 Å². The van der Waals surface area contributed by atoms with Crippen LogP contribution in [0.4, 0.5) is 5.82 Å². The molecule has 9 heteroatoms. The van der Waals surface area contributed by atoms with Gasteiger partial charge in [-0.1, -0.05) is 38.1 Å². The third-order valence-corrected chi connectivity index (χ3v) is 5.68. The van der Waals surface area contributed by atoms with Crippen LogP contribution in [0.15, 0.2) is 34.9 Å². The molecule has 0 bridgehead atoms. The van der Waals surface area contributed by atoms with Gasteiger partial charge in [0.25, 0.3) is 0 Å². The van der Waals surface area contributed by atoms with E-state index in [-0.39, 0.29) is 36.5 Å². The highest BCUT2D eigenvalue weighted by molar-refractivity contribution is 5.94. The first-order valence-electron chi connectivity index (χ1n) is 11.9. The Morgan fingerprint density at radius 3 is 2.31 bits per heavy atom. The maximum Gasteiger partial charge on any atom is 0.247 e. The molecule has 1 aromatic heterocycles. The fraction of sp³-hybridized carbons (Fsp3) is 0.538. The van der Waals surface area contributed by atoms with Crippen molar-refractivity contribution in [2.45, 2.75) is 72.4 Å². The second kappa shape index (κ2) is 12.4. The quantitative estimate of drug-likeness (QED) is 0.464. The largest absolute Gasteiger partial charge is 0.497 e. The molecule has 2 N–H and O–H groups in total. The van der Waals surface area contributed by atoms with Crippen LogP contribution in [0.1, 0.15) is 71.2 Å². The minimum atomic E-state index is -0.845. The molecule has 0 aliphatic carbocycles. The van der Waals surface area contributed by atoms with E-state index in [4.69, 9.17) is 9.26 Å². The van der Waals surface area contributed by atoms with Crippen molar-refractivity contribution in [1.29, 1.82) is 0 Å². The molecule has 2 aromatic rings. The minimum absolute atomic E-state index is 0.0449. The van der Waals surface area contributed by atoms with Gasteiger partial charge in [-0.05, 0) is 50.8 Å². The predicted octanol–water partition coefficient (Wildman–Crippen LogP) is 4.24. The molecule has 0 fully saturated rings. The molecule has 1 atom stereocenters. The molecule has 35 heavy (non-hydrogen) atoms. The first-order valence-corrected chi connectivity index (χ1v) is 11.9. The van der Waals surface area contributed by atoms with Gasteiger partial charge in [-0.2, -0.15) is 0 Å². The summed E-state index contributed by atoms with van der Waals surface area (Å²) < 4.78 is 10.2. The first kappa shape index (κ1) is 27.9. The number of carbonyl (C=O) groups excluding carboxylic acids is 3. The van der Waals surface area contributed by atoms with Gasteiger partial charge in [-0.15, -0.1) is 0 Å². The second-order valence-corrected chi connectivity index (χ2v) is 9.71. The number of amides is 3. The Morgan fingerprint density at radius 2 is 1.80 bits per heavy atom. The van der Waals surface area contributed by atoms with Crippen LogP contribution >= 0.6 is 0 Å². The zero-order valence-electron chi connectivity index (χ0n) is 21.8. The third kappa shape index (κ3) is 8.42. The number of aryl methyl sites for hydroxylation is 1. The van der Waals surface area contributed by atoms with E-state index in [0.717, 1.165) is 6.42 Å². The monoisotopic (exact) mass is 486 g/mol. The predicted molar refractivity (Wildman–Crippen MR) is 134 cm³/mol. The van der Waals surface area contributed by atoms with Crippen LogP contribution in [-0.2, 0) is 14.4 Å². The summed E-state index contributed by atoms with van der Waals surface area (Å²) in [5.74, 6) is 0.740. The highest BCUT2D eigenvalue weighted by atomic mass is 16.5. The van der Waals surface area contributed by atoms with Crippen molar-refractivity contribution in [3.8, 4) is 5.75 Å². The number of hydrogen-bond acceptors (Lipinski definition) is 6. The number of aromatic nitrogens is 1. The minimum Gasteiger partial charge on any atom is -0.497 e. The molecule has 1 heterocycles. The van der Waals surface area contributed by atoms with Crippen molar-refractivity contribution in [3.63, 3.8) is 0 Å². The van der Waals surface area contributed by atoms with E-state index in [1.807, 2.05) is 34.6 Å². The molecule has 192 valence electrons. The lowest BCUT2D eigenvalue weighted by Crippen LogP contribution is -2.51. The number of hydrogen-bond donors (Lipinski definition) is 2. The van der Waals surface area contributed by atoms with E-state index in [0.29, 0.717) is 29.4 Å². The van der Waals surface area contributed by atoms with Crippen LogP contribution < -0.4 is 15.4 Å². The lowest BCUT2D eigenvalue weighted by molar-refractivity contribution is -0.142. The average Bonchev–Trinajstić information content (AvgIpc) is 3.21. The van der Waals surface area contributed by atoms with E-state index < -0.39 is 11.6 Å². The molecule has 3 amide bonds. The van der Waals surface area contributed by atoms with Gasteiger partial charge in [0.1, 0.15) is 17.6 Å². The number of nitrogens with one attached hydrogen (secondary N) is 2. The Labute approximate surface area is 207 Å². The summed E-state index contributed by atoms with van der Waals surface area (Å²) >= 11 is 0. The van der Waals surface area contributed by atoms with Gasteiger partial charge < -0.3 is 24.8 Å². The highest BCUT2D eigenvalue weighted by Crippen LogP contribution is 2.27. The van der Waals surface area contributed by atoms with E-state index in [1.54, 1.807) is 49.3 Å². The standard InChI is InChI=1S/C26H38N4O5/c1-8-26(5,6)28-25(33)24(19-9-11-20(34-7)12-10-19)30(16-17(2)3)23(32)14-13-22(31)27-21-15-18(4)35-29-21/h9-12,15,17,24H,8,13-14,16H2,1-7H3,(H,28,33)(H,27,29,31)/t24-/m0/s1. The Balaban J connectivity index is 2.28. The normalized spacial score (nSPS) is 12.2. The molecule has 1 aromatic carbocycles. The van der Waals surface area contributed by atoms with E-state index >= 15 is 0 Å². The molecule has 2 rings (SSSR count). The van der Waals surface area contributed by atoms with Gasteiger partial charge in [-0.3, -0.25) is 14.4 Å². The summed E-state index contributed by atoms with van der Waals surface area (Å²) in [4.78, 5) is 40.9. The summed E-state index contributed by atoms with van der Waals surface area (Å²) in [5.41, 5.74) is 0.232. The second-order valence-electron chi connectivity index (χ2n) is 9.71. The molecule has 0 aliphatic rings. The fourth-order valence-electron chi connectivity index (χ4n) is 3.49. The topological polar surface area (TPSA) is 114 Å². The van der Waals surface area contributed by atoms with Crippen molar-refractivity contribution < 1.29 is 23.6 Å². The smallest absolute Gasteiger partial charge is 0.247 e.